The highest BCUT2D eigenvalue weighted by Crippen LogP contribution is 2.21. The molecule has 0 saturated carbocycles. The standard InChI is InChI=1S/C16H22FN3/c1-5-20-14(8-12(3)19-20)10-16(18-4)13-7-6-11(2)15(17)9-13/h6-9,16,18H,5,10H2,1-4H3. The molecule has 20 heavy (non-hydrogen) atoms. The van der Waals surface area contributed by atoms with Crippen LogP contribution in [-0.2, 0) is 13.0 Å². The first kappa shape index (κ1) is 14.7. The molecule has 0 aliphatic heterocycles. The van der Waals surface area contributed by atoms with Gasteiger partial charge >= 0.3 is 0 Å². The number of hydrogen-bond donors (Lipinski definition) is 1. The molecule has 3 nitrogen and oxygen atoms in total. The topological polar surface area (TPSA) is 29.9 Å². The lowest BCUT2D eigenvalue weighted by Crippen LogP contribution is -2.20. The summed E-state index contributed by atoms with van der Waals surface area (Å²) in [6, 6.07) is 7.62. The Kier molecular flexibility index (Phi) is 4.55. The van der Waals surface area contributed by atoms with Crippen LogP contribution in [0.4, 0.5) is 4.39 Å². The van der Waals surface area contributed by atoms with Crippen LogP contribution in [0.1, 0.15) is 35.5 Å². The molecule has 1 unspecified atom stereocenters. The predicted molar refractivity (Wildman–Crippen MR) is 79.3 cm³/mol. The molecule has 1 aromatic carbocycles. The third kappa shape index (κ3) is 3.07. The highest BCUT2D eigenvalue weighted by molar-refractivity contribution is 5.27. The molecule has 0 saturated heterocycles. The minimum Gasteiger partial charge on any atom is -0.313 e. The van der Waals surface area contributed by atoms with Gasteiger partial charge in [0.15, 0.2) is 0 Å². The quantitative estimate of drug-likeness (QED) is 0.908. The molecule has 1 heterocycles. The molecule has 0 radical (unpaired) electrons. The molecule has 108 valence electrons. The number of halogens is 1. The van der Waals surface area contributed by atoms with E-state index in [2.05, 4.69) is 23.4 Å². The molecule has 4 heteroatoms. The van der Waals surface area contributed by atoms with E-state index in [0.29, 0.717) is 5.56 Å². The number of nitrogens with zero attached hydrogens (tertiary/aromatic N) is 2. The van der Waals surface area contributed by atoms with E-state index in [1.54, 1.807) is 13.0 Å². The maximum atomic E-state index is 13.7. The number of hydrogen-bond acceptors (Lipinski definition) is 2. The van der Waals surface area contributed by atoms with E-state index < -0.39 is 0 Å². The number of benzene rings is 1. The summed E-state index contributed by atoms with van der Waals surface area (Å²) in [5.41, 5.74) is 3.84. The minimum atomic E-state index is -0.150. The average Bonchev–Trinajstić information content (AvgIpc) is 2.79. The first-order chi connectivity index (χ1) is 9.55. The molecule has 2 aromatic rings. The molecule has 0 bridgehead atoms. The van der Waals surface area contributed by atoms with Crippen molar-refractivity contribution >= 4 is 0 Å². The number of aromatic nitrogens is 2. The summed E-state index contributed by atoms with van der Waals surface area (Å²) in [6.07, 6.45) is 0.799. The van der Waals surface area contributed by atoms with Crippen molar-refractivity contribution in [2.24, 2.45) is 0 Å². The molecule has 2 rings (SSSR count). The zero-order valence-electron chi connectivity index (χ0n) is 12.6. The smallest absolute Gasteiger partial charge is 0.126 e. The second-order valence-corrected chi connectivity index (χ2v) is 5.15. The van der Waals surface area contributed by atoms with Gasteiger partial charge in [-0.1, -0.05) is 12.1 Å². The largest absolute Gasteiger partial charge is 0.313 e. The molecule has 1 N–H and O–H groups in total. The van der Waals surface area contributed by atoms with Gasteiger partial charge in [0.25, 0.3) is 0 Å². The van der Waals surface area contributed by atoms with Gasteiger partial charge in [-0.2, -0.15) is 5.10 Å². The van der Waals surface area contributed by atoms with Crippen LogP contribution in [0.5, 0.6) is 0 Å². The first-order valence-electron chi connectivity index (χ1n) is 7.01. The Bertz CT molecular complexity index is 589. The summed E-state index contributed by atoms with van der Waals surface area (Å²) < 4.78 is 15.7. The average molecular weight is 275 g/mol. The lowest BCUT2D eigenvalue weighted by Gasteiger charge is -2.17. The normalized spacial score (nSPS) is 12.7. The molecule has 0 aliphatic rings. The van der Waals surface area contributed by atoms with Crippen LogP contribution < -0.4 is 5.32 Å². The number of aryl methyl sites for hydroxylation is 3. The summed E-state index contributed by atoms with van der Waals surface area (Å²) >= 11 is 0. The Labute approximate surface area is 119 Å². The van der Waals surface area contributed by atoms with Crippen molar-refractivity contribution in [3.05, 3.63) is 52.6 Å². The molecule has 0 fully saturated rings. The van der Waals surface area contributed by atoms with Crippen molar-refractivity contribution in [1.82, 2.24) is 15.1 Å². The Morgan fingerprint density at radius 3 is 2.65 bits per heavy atom. The van der Waals surface area contributed by atoms with Crippen LogP contribution in [0, 0.1) is 19.7 Å². The van der Waals surface area contributed by atoms with Gasteiger partial charge in [-0.05, 0) is 51.1 Å². The van der Waals surface area contributed by atoms with E-state index in [1.165, 1.54) is 5.69 Å². The van der Waals surface area contributed by atoms with Crippen molar-refractivity contribution in [2.45, 2.75) is 39.8 Å². The van der Waals surface area contributed by atoms with Gasteiger partial charge in [0.05, 0.1) is 5.69 Å². The number of nitrogens with one attached hydrogen (secondary N) is 1. The first-order valence-corrected chi connectivity index (χ1v) is 7.01. The molecule has 0 amide bonds. The highest BCUT2D eigenvalue weighted by Gasteiger charge is 2.15. The van der Waals surface area contributed by atoms with E-state index in [4.69, 9.17) is 0 Å². The second kappa shape index (κ2) is 6.18. The Balaban J connectivity index is 2.26. The van der Waals surface area contributed by atoms with Gasteiger partial charge in [-0.3, -0.25) is 4.68 Å². The highest BCUT2D eigenvalue weighted by atomic mass is 19.1. The third-order valence-electron chi connectivity index (χ3n) is 3.64. The van der Waals surface area contributed by atoms with Crippen LogP contribution in [0.3, 0.4) is 0 Å². The van der Waals surface area contributed by atoms with Gasteiger partial charge in [0.2, 0.25) is 0 Å². The lowest BCUT2D eigenvalue weighted by atomic mass is 10.0. The summed E-state index contributed by atoms with van der Waals surface area (Å²) in [5, 5.41) is 7.72. The van der Waals surface area contributed by atoms with Gasteiger partial charge < -0.3 is 5.32 Å². The van der Waals surface area contributed by atoms with E-state index in [-0.39, 0.29) is 11.9 Å². The SMILES string of the molecule is CCn1nc(C)cc1CC(NC)c1ccc(C)c(F)c1. The second-order valence-electron chi connectivity index (χ2n) is 5.15. The summed E-state index contributed by atoms with van der Waals surface area (Å²) in [4.78, 5) is 0. The van der Waals surface area contributed by atoms with Crippen molar-refractivity contribution in [1.29, 1.82) is 0 Å². The van der Waals surface area contributed by atoms with Crippen LogP contribution in [0.2, 0.25) is 0 Å². The van der Waals surface area contributed by atoms with Gasteiger partial charge in [0.1, 0.15) is 5.82 Å². The zero-order valence-corrected chi connectivity index (χ0v) is 12.6. The zero-order chi connectivity index (χ0) is 14.7. The van der Waals surface area contributed by atoms with Gasteiger partial charge in [-0.15, -0.1) is 0 Å². The summed E-state index contributed by atoms with van der Waals surface area (Å²) in [7, 11) is 1.90. The van der Waals surface area contributed by atoms with Crippen LogP contribution in [0.25, 0.3) is 0 Å². The third-order valence-corrected chi connectivity index (χ3v) is 3.64. The van der Waals surface area contributed by atoms with E-state index in [9.17, 15) is 4.39 Å². The summed E-state index contributed by atoms with van der Waals surface area (Å²) in [5.74, 6) is -0.150. The molecular formula is C16H22FN3. The maximum absolute atomic E-state index is 13.7. The van der Waals surface area contributed by atoms with Crippen molar-refractivity contribution < 1.29 is 4.39 Å². The molecule has 0 aliphatic carbocycles. The number of likely N-dealkylation sites (N-methyl/N-ethyl adjacent to an activating group) is 1. The van der Waals surface area contributed by atoms with Gasteiger partial charge in [0, 0.05) is 24.7 Å². The maximum Gasteiger partial charge on any atom is 0.126 e. The van der Waals surface area contributed by atoms with E-state index >= 15 is 0 Å². The van der Waals surface area contributed by atoms with Crippen molar-refractivity contribution in [3.8, 4) is 0 Å². The molecule has 1 aromatic heterocycles. The molecule has 0 spiro atoms. The minimum absolute atomic E-state index is 0.0894. The van der Waals surface area contributed by atoms with E-state index in [1.807, 2.05) is 30.8 Å². The van der Waals surface area contributed by atoms with E-state index in [0.717, 1.165) is 24.2 Å². The van der Waals surface area contributed by atoms with Crippen LogP contribution in [-0.4, -0.2) is 16.8 Å². The monoisotopic (exact) mass is 275 g/mol. The fraction of sp³-hybridized carbons (Fsp3) is 0.438. The van der Waals surface area contributed by atoms with Crippen LogP contribution in [0.15, 0.2) is 24.3 Å². The molecule has 1 atom stereocenters. The number of rotatable bonds is 5. The Hall–Kier alpha value is -1.68. The van der Waals surface area contributed by atoms with Crippen LogP contribution >= 0.6 is 0 Å². The Morgan fingerprint density at radius 2 is 2.05 bits per heavy atom. The predicted octanol–water partition coefficient (Wildman–Crippen LogP) is 3.16. The fourth-order valence-electron chi connectivity index (χ4n) is 2.46. The van der Waals surface area contributed by atoms with Gasteiger partial charge in [-0.25, -0.2) is 4.39 Å². The fourth-order valence-corrected chi connectivity index (χ4v) is 2.46. The van der Waals surface area contributed by atoms with Crippen molar-refractivity contribution in [3.63, 3.8) is 0 Å². The summed E-state index contributed by atoms with van der Waals surface area (Å²) in [6.45, 7) is 6.70. The van der Waals surface area contributed by atoms with Crippen molar-refractivity contribution in [2.75, 3.05) is 7.05 Å². The lowest BCUT2D eigenvalue weighted by molar-refractivity contribution is 0.535. The molecular weight excluding hydrogens is 253 g/mol. The Morgan fingerprint density at radius 1 is 1.30 bits per heavy atom.